The van der Waals surface area contributed by atoms with Crippen molar-refractivity contribution in [1.82, 2.24) is 20.2 Å². The highest BCUT2D eigenvalue weighted by Gasteiger charge is 2.30. The minimum atomic E-state index is 0.359. The molecule has 1 aliphatic carbocycles. The normalized spacial score (nSPS) is 18.6. The van der Waals surface area contributed by atoms with Crippen molar-refractivity contribution in [3.05, 3.63) is 35.7 Å². The van der Waals surface area contributed by atoms with Gasteiger partial charge in [-0.3, -0.25) is 4.98 Å². The van der Waals surface area contributed by atoms with Crippen LogP contribution < -0.4 is 5.43 Å². The fraction of sp³-hybridized carbons (Fsp3) is 0.450. The minimum absolute atomic E-state index is 0.359. The van der Waals surface area contributed by atoms with E-state index in [2.05, 4.69) is 46.6 Å². The molecule has 5 rings (SSSR count). The van der Waals surface area contributed by atoms with Crippen molar-refractivity contribution in [1.29, 1.82) is 0 Å². The Morgan fingerprint density at radius 2 is 2.00 bits per heavy atom. The van der Waals surface area contributed by atoms with Gasteiger partial charge >= 0.3 is 0 Å². The predicted molar refractivity (Wildman–Crippen MR) is 101 cm³/mol. The third kappa shape index (κ3) is 2.44. The molecule has 1 N–H and O–H groups in total. The summed E-state index contributed by atoms with van der Waals surface area (Å²) in [6.07, 6.45) is 6.00. The molecule has 0 spiro atoms. The van der Waals surface area contributed by atoms with E-state index in [0.717, 1.165) is 60.4 Å². The molecule has 0 bridgehead atoms. The van der Waals surface area contributed by atoms with Gasteiger partial charge in [-0.2, -0.15) is 5.10 Å². The quantitative estimate of drug-likeness (QED) is 0.763. The molecule has 0 unspecified atom stereocenters. The van der Waals surface area contributed by atoms with Crippen LogP contribution in [0.3, 0.4) is 0 Å². The highest BCUT2D eigenvalue weighted by molar-refractivity contribution is 5.99. The Balaban J connectivity index is 1.64. The molecule has 0 aromatic carbocycles. The zero-order valence-electron chi connectivity index (χ0n) is 15.2. The molecule has 1 aromatic rings. The van der Waals surface area contributed by atoms with Gasteiger partial charge in [0.15, 0.2) is 0 Å². The van der Waals surface area contributed by atoms with Gasteiger partial charge in [0.05, 0.1) is 17.4 Å². The second kappa shape index (κ2) is 6.14. The van der Waals surface area contributed by atoms with Crippen LogP contribution in [0.15, 0.2) is 24.5 Å². The van der Waals surface area contributed by atoms with Crippen LogP contribution in [0.25, 0.3) is 22.2 Å². The van der Waals surface area contributed by atoms with Crippen LogP contribution in [0.2, 0.25) is 0 Å². The van der Waals surface area contributed by atoms with Gasteiger partial charge in [0.25, 0.3) is 0 Å². The standard InChI is InChI=1S/C20H23N5O/c1-12(2)16-10-22-23-20-15-3-4-17-18(15)13(9-21-19(16)20)11-25(24-17)14-5-7-26-8-6-14/h3-4,9-10,12,14,24H,5-8,11H2,1-2H3. The molecule has 0 radical (unpaired) electrons. The third-order valence-corrected chi connectivity index (χ3v) is 5.59. The van der Waals surface area contributed by atoms with Crippen LogP contribution in [0.4, 0.5) is 5.69 Å². The molecule has 6 heteroatoms. The van der Waals surface area contributed by atoms with E-state index in [-0.39, 0.29) is 0 Å². The third-order valence-electron chi connectivity index (χ3n) is 5.59. The summed E-state index contributed by atoms with van der Waals surface area (Å²) >= 11 is 0. The molecule has 0 amide bonds. The average molecular weight is 349 g/mol. The average Bonchev–Trinajstić information content (AvgIpc) is 3.02. The lowest BCUT2D eigenvalue weighted by Gasteiger charge is -2.37. The van der Waals surface area contributed by atoms with Crippen LogP contribution in [0, 0.1) is 0 Å². The number of hydrogen-bond acceptors (Lipinski definition) is 6. The highest BCUT2D eigenvalue weighted by Crippen LogP contribution is 2.42. The van der Waals surface area contributed by atoms with E-state index >= 15 is 0 Å². The van der Waals surface area contributed by atoms with E-state index in [4.69, 9.17) is 9.72 Å². The molecule has 0 saturated carbocycles. The summed E-state index contributed by atoms with van der Waals surface area (Å²) in [5.41, 5.74) is 11.4. The maximum absolute atomic E-state index is 5.52. The molecule has 4 aliphatic rings. The molecule has 6 nitrogen and oxygen atoms in total. The lowest BCUT2D eigenvalue weighted by atomic mass is 10.00. The molecule has 3 aliphatic heterocycles. The van der Waals surface area contributed by atoms with Gasteiger partial charge in [-0.25, -0.2) is 5.01 Å². The first-order chi connectivity index (χ1) is 12.7. The summed E-state index contributed by atoms with van der Waals surface area (Å²) in [7, 11) is 0. The minimum Gasteiger partial charge on any atom is -0.381 e. The Hall–Kier alpha value is -2.31. The van der Waals surface area contributed by atoms with Crippen molar-refractivity contribution < 1.29 is 4.74 Å². The van der Waals surface area contributed by atoms with Gasteiger partial charge in [0.1, 0.15) is 5.52 Å². The molecule has 4 heterocycles. The number of hydrazine groups is 1. The molecular formula is C20H23N5O. The molecular weight excluding hydrogens is 326 g/mol. The number of nitrogens with one attached hydrogen (secondary N) is 1. The number of anilines is 1. The topological polar surface area (TPSA) is 63.2 Å². The van der Waals surface area contributed by atoms with E-state index in [1.807, 2.05) is 12.4 Å². The van der Waals surface area contributed by atoms with Crippen LogP contribution in [-0.4, -0.2) is 39.4 Å². The first-order valence-electron chi connectivity index (χ1n) is 9.39. The molecule has 1 fully saturated rings. The lowest BCUT2D eigenvalue weighted by Crippen LogP contribution is -2.44. The van der Waals surface area contributed by atoms with Crippen molar-refractivity contribution >= 4 is 16.7 Å². The van der Waals surface area contributed by atoms with Crippen LogP contribution in [-0.2, 0) is 11.3 Å². The molecule has 0 atom stereocenters. The maximum atomic E-state index is 5.52. The summed E-state index contributed by atoms with van der Waals surface area (Å²) in [4.78, 5) is 4.86. The van der Waals surface area contributed by atoms with E-state index in [1.54, 1.807) is 0 Å². The van der Waals surface area contributed by atoms with Crippen molar-refractivity contribution in [2.75, 3.05) is 18.6 Å². The monoisotopic (exact) mass is 349 g/mol. The van der Waals surface area contributed by atoms with Gasteiger partial charge < -0.3 is 10.2 Å². The zero-order chi connectivity index (χ0) is 17.7. The van der Waals surface area contributed by atoms with Crippen LogP contribution >= 0.6 is 0 Å². The fourth-order valence-corrected chi connectivity index (χ4v) is 4.17. The SMILES string of the molecule is CC(C)c1cnnc2c3ccc4c-3c(cnc12)CN(C1CCOCC1)N4. The zero-order valence-corrected chi connectivity index (χ0v) is 15.2. The summed E-state index contributed by atoms with van der Waals surface area (Å²) < 4.78 is 5.52. The first kappa shape index (κ1) is 15.9. The molecule has 1 aromatic heterocycles. The Kier molecular flexibility index (Phi) is 3.76. The van der Waals surface area contributed by atoms with Gasteiger partial charge in [0.2, 0.25) is 0 Å². The van der Waals surface area contributed by atoms with Gasteiger partial charge in [0, 0.05) is 48.7 Å². The number of rotatable bonds is 2. The lowest BCUT2D eigenvalue weighted by molar-refractivity contribution is 0.0396. The summed E-state index contributed by atoms with van der Waals surface area (Å²) in [5.74, 6) is 0.359. The Bertz CT molecular complexity index is 935. The smallest absolute Gasteiger partial charge is 0.120 e. The number of nitrogens with zero attached hydrogens (tertiary/aromatic N) is 4. The highest BCUT2D eigenvalue weighted by atomic mass is 16.5. The van der Waals surface area contributed by atoms with E-state index in [9.17, 15) is 0 Å². The summed E-state index contributed by atoms with van der Waals surface area (Å²) in [5, 5.41) is 11.0. The number of hydrogen-bond donors (Lipinski definition) is 1. The Labute approximate surface area is 152 Å². The Morgan fingerprint density at radius 1 is 1.15 bits per heavy atom. The summed E-state index contributed by atoms with van der Waals surface area (Å²) in [6.45, 7) is 6.86. The maximum Gasteiger partial charge on any atom is 0.120 e. The number of ether oxygens (including phenoxy) is 1. The number of aromatic nitrogens is 3. The Morgan fingerprint density at radius 3 is 2.81 bits per heavy atom. The van der Waals surface area contributed by atoms with Crippen molar-refractivity contribution in [2.24, 2.45) is 0 Å². The van der Waals surface area contributed by atoms with Gasteiger partial charge in [-0.15, -0.1) is 5.10 Å². The second-order valence-electron chi connectivity index (χ2n) is 7.55. The van der Waals surface area contributed by atoms with Crippen molar-refractivity contribution in [2.45, 2.75) is 45.2 Å². The van der Waals surface area contributed by atoms with E-state index in [0.29, 0.717) is 12.0 Å². The van der Waals surface area contributed by atoms with Gasteiger partial charge in [-0.1, -0.05) is 13.8 Å². The van der Waals surface area contributed by atoms with Crippen LogP contribution in [0.1, 0.15) is 43.7 Å². The number of fused-ring (bicyclic) bond motifs is 2. The predicted octanol–water partition coefficient (Wildman–Crippen LogP) is 3.57. The summed E-state index contributed by atoms with van der Waals surface area (Å²) in [6, 6.07) is 4.80. The molecule has 1 saturated heterocycles. The van der Waals surface area contributed by atoms with E-state index < -0.39 is 0 Å². The second-order valence-corrected chi connectivity index (χ2v) is 7.55. The van der Waals surface area contributed by atoms with Gasteiger partial charge in [-0.05, 0) is 36.5 Å². The molecule has 26 heavy (non-hydrogen) atoms. The van der Waals surface area contributed by atoms with Crippen molar-refractivity contribution in [3.8, 4) is 11.1 Å². The largest absolute Gasteiger partial charge is 0.381 e. The first-order valence-corrected chi connectivity index (χ1v) is 9.39. The van der Waals surface area contributed by atoms with Crippen molar-refractivity contribution in [3.63, 3.8) is 0 Å². The van der Waals surface area contributed by atoms with Crippen LogP contribution in [0.5, 0.6) is 0 Å². The van der Waals surface area contributed by atoms with E-state index in [1.165, 1.54) is 11.1 Å². The molecule has 134 valence electrons. The fourth-order valence-electron chi connectivity index (χ4n) is 4.17.